The molecule has 2 aliphatic heterocycles. The van der Waals surface area contributed by atoms with E-state index < -0.39 is 0 Å². The van der Waals surface area contributed by atoms with Crippen molar-refractivity contribution in [3.05, 3.63) is 0 Å². The molecule has 0 aromatic rings. The summed E-state index contributed by atoms with van der Waals surface area (Å²) in [5.74, 6) is 1.56. The number of piperidine rings is 2. The van der Waals surface area contributed by atoms with Gasteiger partial charge in [0.25, 0.3) is 0 Å². The topological polar surface area (TPSA) is 50.1 Å². The van der Waals surface area contributed by atoms with Gasteiger partial charge >= 0.3 is 0 Å². The van der Waals surface area contributed by atoms with E-state index in [0.717, 1.165) is 12.5 Å². The largest absolute Gasteiger partial charge is 0.327 e. The Kier molecular flexibility index (Phi) is 3.69. The number of nitrogens with two attached hydrogens (primary N) is 1. The van der Waals surface area contributed by atoms with Crippen LogP contribution >= 0.6 is 0 Å². The zero-order chi connectivity index (χ0) is 11.7. The Hall–Kier alpha value is -0.120. The van der Waals surface area contributed by atoms with Gasteiger partial charge in [-0.25, -0.2) is 0 Å². The molecule has 0 bridgehead atoms. The van der Waals surface area contributed by atoms with Crippen LogP contribution in [0.15, 0.2) is 0 Å². The molecular weight excluding hydrogens is 210 g/mol. The van der Waals surface area contributed by atoms with Crippen molar-refractivity contribution in [2.75, 3.05) is 6.54 Å². The number of hydrogen-bond acceptors (Lipinski definition) is 3. The highest BCUT2D eigenvalue weighted by atomic mass is 15.2. The van der Waals surface area contributed by atoms with Crippen molar-refractivity contribution in [2.24, 2.45) is 17.6 Å². The monoisotopic (exact) mass is 237 g/mol. The van der Waals surface area contributed by atoms with E-state index in [9.17, 15) is 0 Å². The maximum atomic E-state index is 6.41. The summed E-state index contributed by atoms with van der Waals surface area (Å²) in [5.41, 5.74) is 6.41. The maximum Gasteiger partial charge on any atom is 0.0618 e. The zero-order valence-corrected chi connectivity index (χ0v) is 10.8. The molecule has 0 aromatic heterocycles. The van der Waals surface area contributed by atoms with Crippen LogP contribution in [0.3, 0.4) is 0 Å². The SMILES string of the molecule is NC1CC(C2CCCCC2)NC2NCCCC12. The Morgan fingerprint density at radius 1 is 0.941 bits per heavy atom. The molecule has 0 aromatic carbocycles. The fourth-order valence-corrected chi connectivity index (χ4v) is 4.19. The third-order valence-electron chi connectivity index (χ3n) is 5.20. The van der Waals surface area contributed by atoms with E-state index in [1.807, 2.05) is 0 Å². The Morgan fingerprint density at radius 3 is 2.59 bits per heavy atom. The van der Waals surface area contributed by atoms with Gasteiger partial charge in [0.1, 0.15) is 0 Å². The molecule has 2 heterocycles. The Morgan fingerprint density at radius 2 is 1.76 bits per heavy atom. The van der Waals surface area contributed by atoms with Gasteiger partial charge in [0.05, 0.1) is 6.17 Å². The Labute approximate surface area is 105 Å². The zero-order valence-electron chi connectivity index (χ0n) is 10.8. The molecule has 1 aliphatic carbocycles. The van der Waals surface area contributed by atoms with Crippen molar-refractivity contribution in [2.45, 2.75) is 69.6 Å². The molecule has 2 saturated heterocycles. The molecule has 17 heavy (non-hydrogen) atoms. The summed E-state index contributed by atoms with van der Waals surface area (Å²) < 4.78 is 0. The standard InChI is InChI=1S/C14H27N3/c15-12-9-13(10-5-2-1-3-6-10)17-14-11(12)7-4-8-16-14/h10-14,16-17H,1-9,15H2. The van der Waals surface area contributed by atoms with Gasteiger partial charge in [0.2, 0.25) is 0 Å². The summed E-state index contributed by atoms with van der Waals surface area (Å²) >= 11 is 0. The maximum absolute atomic E-state index is 6.41. The molecule has 3 aliphatic rings. The molecule has 4 N–H and O–H groups in total. The van der Waals surface area contributed by atoms with Crippen molar-refractivity contribution >= 4 is 0 Å². The second kappa shape index (κ2) is 5.25. The third-order valence-corrected chi connectivity index (χ3v) is 5.20. The summed E-state index contributed by atoms with van der Waals surface area (Å²) in [6, 6.07) is 1.10. The molecule has 98 valence electrons. The van der Waals surface area contributed by atoms with Crippen LogP contribution in [0.5, 0.6) is 0 Å². The predicted molar refractivity (Wildman–Crippen MR) is 70.6 cm³/mol. The average Bonchev–Trinajstić information content (AvgIpc) is 2.40. The van der Waals surface area contributed by atoms with Crippen molar-refractivity contribution in [3.63, 3.8) is 0 Å². The highest BCUT2D eigenvalue weighted by molar-refractivity contribution is 4.97. The van der Waals surface area contributed by atoms with Crippen LogP contribution in [0, 0.1) is 11.8 Å². The van der Waals surface area contributed by atoms with E-state index in [1.165, 1.54) is 51.4 Å². The minimum Gasteiger partial charge on any atom is -0.327 e. The van der Waals surface area contributed by atoms with Crippen molar-refractivity contribution in [1.82, 2.24) is 10.6 Å². The minimum absolute atomic E-state index is 0.418. The number of fused-ring (bicyclic) bond motifs is 1. The molecule has 4 unspecified atom stereocenters. The van der Waals surface area contributed by atoms with Gasteiger partial charge in [-0.15, -0.1) is 0 Å². The summed E-state index contributed by atoms with van der Waals surface area (Å²) in [6.45, 7) is 1.16. The van der Waals surface area contributed by atoms with Crippen LogP contribution in [0.1, 0.15) is 51.4 Å². The first-order valence-electron chi connectivity index (χ1n) is 7.59. The summed E-state index contributed by atoms with van der Waals surface area (Å²) in [6.07, 6.45) is 11.4. The van der Waals surface area contributed by atoms with E-state index in [2.05, 4.69) is 10.6 Å². The van der Waals surface area contributed by atoms with Gasteiger partial charge < -0.3 is 11.1 Å². The fourth-order valence-electron chi connectivity index (χ4n) is 4.19. The molecule has 3 fully saturated rings. The Balaban J connectivity index is 1.63. The number of nitrogens with one attached hydrogen (secondary N) is 2. The second-order valence-corrected chi connectivity index (χ2v) is 6.31. The molecule has 0 amide bonds. The molecule has 3 nitrogen and oxygen atoms in total. The van der Waals surface area contributed by atoms with Gasteiger partial charge in [0, 0.05) is 18.0 Å². The van der Waals surface area contributed by atoms with Crippen LogP contribution in [-0.2, 0) is 0 Å². The average molecular weight is 237 g/mol. The fraction of sp³-hybridized carbons (Fsp3) is 1.00. The van der Waals surface area contributed by atoms with Gasteiger partial charge in [-0.05, 0) is 44.6 Å². The number of hydrogen-bond donors (Lipinski definition) is 3. The normalized spacial score (nSPS) is 44.3. The third kappa shape index (κ3) is 2.51. The van der Waals surface area contributed by atoms with Crippen molar-refractivity contribution < 1.29 is 0 Å². The molecule has 0 radical (unpaired) electrons. The molecule has 3 heteroatoms. The lowest BCUT2D eigenvalue weighted by atomic mass is 9.75. The van der Waals surface area contributed by atoms with Gasteiger partial charge in [-0.2, -0.15) is 0 Å². The van der Waals surface area contributed by atoms with Gasteiger partial charge in [-0.1, -0.05) is 19.3 Å². The molecule has 1 saturated carbocycles. The van der Waals surface area contributed by atoms with Crippen LogP contribution in [0.2, 0.25) is 0 Å². The van der Waals surface area contributed by atoms with Crippen LogP contribution in [0.25, 0.3) is 0 Å². The van der Waals surface area contributed by atoms with E-state index >= 15 is 0 Å². The van der Waals surface area contributed by atoms with Crippen LogP contribution in [-0.4, -0.2) is 24.8 Å². The van der Waals surface area contributed by atoms with Crippen LogP contribution in [0.4, 0.5) is 0 Å². The first kappa shape index (κ1) is 11.9. The highest BCUT2D eigenvalue weighted by Crippen LogP contribution is 2.33. The molecule has 0 spiro atoms. The second-order valence-electron chi connectivity index (χ2n) is 6.31. The summed E-state index contributed by atoms with van der Waals surface area (Å²) in [5, 5.41) is 7.49. The Bertz CT molecular complexity index is 250. The first-order chi connectivity index (χ1) is 8.34. The van der Waals surface area contributed by atoms with Gasteiger partial charge in [-0.3, -0.25) is 5.32 Å². The smallest absolute Gasteiger partial charge is 0.0618 e. The lowest BCUT2D eigenvalue weighted by molar-refractivity contribution is 0.100. The van der Waals surface area contributed by atoms with Gasteiger partial charge in [0.15, 0.2) is 0 Å². The molecular formula is C14H27N3. The van der Waals surface area contributed by atoms with E-state index in [1.54, 1.807) is 0 Å². The molecule has 4 atom stereocenters. The van der Waals surface area contributed by atoms with E-state index in [4.69, 9.17) is 5.73 Å². The lowest BCUT2D eigenvalue weighted by Crippen LogP contribution is -2.65. The van der Waals surface area contributed by atoms with E-state index in [0.29, 0.717) is 24.2 Å². The summed E-state index contributed by atoms with van der Waals surface area (Å²) in [4.78, 5) is 0. The summed E-state index contributed by atoms with van der Waals surface area (Å²) in [7, 11) is 0. The number of rotatable bonds is 1. The van der Waals surface area contributed by atoms with Crippen molar-refractivity contribution in [1.29, 1.82) is 0 Å². The quantitative estimate of drug-likeness (QED) is 0.649. The van der Waals surface area contributed by atoms with Crippen molar-refractivity contribution in [3.8, 4) is 0 Å². The highest BCUT2D eigenvalue weighted by Gasteiger charge is 2.39. The minimum atomic E-state index is 0.418. The van der Waals surface area contributed by atoms with E-state index in [-0.39, 0.29) is 0 Å². The predicted octanol–water partition coefficient (Wildman–Crippen LogP) is 1.58. The van der Waals surface area contributed by atoms with Crippen LogP contribution < -0.4 is 16.4 Å². The first-order valence-corrected chi connectivity index (χ1v) is 7.59. The lowest BCUT2D eigenvalue weighted by Gasteiger charge is -2.47. The molecule has 3 rings (SSSR count).